The van der Waals surface area contributed by atoms with Crippen molar-refractivity contribution < 1.29 is 9.59 Å². The Morgan fingerprint density at radius 2 is 1.67 bits per heavy atom. The van der Waals surface area contributed by atoms with Gasteiger partial charge in [-0.25, -0.2) is 0 Å². The number of carbonyl (C=O) groups excluding carboxylic acids is 2. The third-order valence-electron chi connectivity index (χ3n) is 5.41. The van der Waals surface area contributed by atoms with Crippen LogP contribution in [0.2, 0.25) is 0 Å². The van der Waals surface area contributed by atoms with E-state index in [9.17, 15) is 9.59 Å². The highest BCUT2D eigenvalue weighted by molar-refractivity contribution is 5.78. The molecule has 0 spiro atoms. The first-order valence-corrected chi connectivity index (χ1v) is 9.78. The highest BCUT2D eigenvalue weighted by Crippen LogP contribution is 2.23. The number of aryl methyl sites for hydroxylation is 1. The fraction of sp³-hybridized carbons (Fsp3) is 0.619. The van der Waals surface area contributed by atoms with Crippen molar-refractivity contribution in [3.05, 3.63) is 29.3 Å². The quantitative estimate of drug-likeness (QED) is 0.730. The third-order valence-corrected chi connectivity index (χ3v) is 5.41. The molecule has 0 radical (unpaired) electrons. The van der Waals surface area contributed by atoms with Crippen LogP contribution >= 0.6 is 0 Å². The average molecular weight is 375 g/mol. The number of piperazine rings is 1. The molecule has 0 unspecified atom stereocenters. The van der Waals surface area contributed by atoms with Crippen molar-refractivity contribution in [1.29, 1.82) is 0 Å². The molecule has 1 aromatic rings. The average Bonchev–Trinajstić information content (AvgIpc) is 2.63. The molecule has 1 aliphatic heterocycles. The molecule has 1 fully saturated rings. The van der Waals surface area contributed by atoms with Crippen molar-refractivity contribution in [3.63, 3.8) is 0 Å². The number of rotatable bonds is 7. The first-order valence-electron chi connectivity index (χ1n) is 9.78. The van der Waals surface area contributed by atoms with Crippen LogP contribution in [0.5, 0.6) is 0 Å². The lowest BCUT2D eigenvalue weighted by atomic mass is 10.1. The summed E-state index contributed by atoms with van der Waals surface area (Å²) in [5.74, 6) is 0.177. The molecule has 0 aromatic heterocycles. The number of carbonyl (C=O) groups is 2. The normalized spacial score (nSPS) is 14.6. The maximum absolute atomic E-state index is 12.6. The highest BCUT2D eigenvalue weighted by Gasteiger charge is 2.23. The number of nitrogens with zero attached hydrogens (tertiary/aromatic N) is 4. The fourth-order valence-electron chi connectivity index (χ4n) is 3.41. The van der Waals surface area contributed by atoms with Gasteiger partial charge >= 0.3 is 0 Å². The van der Waals surface area contributed by atoms with Crippen molar-refractivity contribution in [3.8, 4) is 0 Å². The zero-order valence-corrected chi connectivity index (χ0v) is 17.5. The Bertz CT molecular complexity index is 652. The summed E-state index contributed by atoms with van der Waals surface area (Å²) < 4.78 is 0. The summed E-state index contributed by atoms with van der Waals surface area (Å²) in [5, 5.41) is 0. The Labute approximate surface area is 163 Å². The molecular formula is C21H34N4O2. The second kappa shape index (κ2) is 9.74. The lowest BCUT2D eigenvalue weighted by molar-refractivity contribution is -0.133. The topological polar surface area (TPSA) is 47.1 Å². The van der Waals surface area contributed by atoms with E-state index in [4.69, 9.17) is 0 Å². The van der Waals surface area contributed by atoms with Crippen molar-refractivity contribution >= 4 is 17.5 Å². The molecule has 0 N–H and O–H groups in total. The molecule has 1 aliphatic rings. The van der Waals surface area contributed by atoms with Crippen LogP contribution in [0.3, 0.4) is 0 Å². The molecule has 1 aromatic carbocycles. The first kappa shape index (κ1) is 21.2. The Hall–Kier alpha value is -2.08. The van der Waals surface area contributed by atoms with E-state index in [1.54, 1.807) is 11.8 Å². The van der Waals surface area contributed by atoms with Gasteiger partial charge in [-0.1, -0.05) is 12.1 Å². The maximum atomic E-state index is 12.6. The number of benzene rings is 1. The van der Waals surface area contributed by atoms with Gasteiger partial charge in [0.2, 0.25) is 11.8 Å². The van der Waals surface area contributed by atoms with Gasteiger partial charge in [0.25, 0.3) is 0 Å². The molecule has 6 heteroatoms. The minimum atomic E-state index is 0.0318. The van der Waals surface area contributed by atoms with Gasteiger partial charge in [-0.3, -0.25) is 9.59 Å². The summed E-state index contributed by atoms with van der Waals surface area (Å²) in [6.07, 6.45) is 0.399. The van der Waals surface area contributed by atoms with Crippen LogP contribution in [-0.4, -0.2) is 86.4 Å². The van der Waals surface area contributed by atoms with Crippen molar-refractivity contribution in [2.24, 2.45) is 0 Å². The van der Waals surface area contributed by atoms with Crippen molar-refractivity contribution in [1.82, 2.24) is 14.7 Å². The van der Waals surface area contributed by atoms with Crippen molar-refractivity contribution in [2.75, 3.05) is 64.8 Å². The van der Waals surface area contributed by atoms with E-state index in [0.29, 0.717) is 19.5 Å². The lowest BCUT2D eigenvalue weighted by Crippen LogP contribution is -2.49. The van der Waals surface area contributed by atoms with Crippen LogP contribution in [0.25, 0.3) is 0 Å². The Morgan fingerprint density at radius 1 is 1.00 bits per heavy atom. The molecule has 0 bridgehead atoms. The molecule has 6 nitrogen and oxygen atoms in total. The lowest BCUT2D eigenvalue weighted by Gasteiger charge is -2.37. The van der Waals surface area contributed by atoms with Gasteiger partial charge in [0.15, 0.2) is 0 Å². The van der Waals surface area contributed by atoms with E-state index in [-0.39, 0.29) is 11.8 Å². The van der Waals surface area contributed by atoms with Gasteiger partial charge in [0, 0.05) is 64.8 Å². The summed E-state index contributed by atoms with van der Waals surface area (Å²) in [6, 6.07) is 6.39. The second-order valence-electron chi connectivity index (χ2n) is 7.65. The van der Waals surface area contributed by atoms with Crippen molar-refractivity contribution in [2.45, 2.75) is 27.2 Å². The zero-order valence-electron chi connectivity index (χ0n) is 17.5. The minimum Gasteiger partial charge on any atom is -0.368 e. The summed E-state index contributed by atoms with van der Waals surface area (Å²) in [7, 11) is 3.97. The molecule has 1 heterocycles. The van der Waals surface area contributed by atoms with Crippen LogP contribution in [0.4, 0.5) is 5.69 Å². The molecule has 0 atom stereocenters. The van der Waals surface area contributed by atoms with E-state index in [1.807, 2.05) is 23.9 Å². The van der Waals surface area contributed by atoms with E-state index in [1.165, 1.54) is 16.8 Å². The number of hydrogen-bond donors (Lipinski definition) is 0. The number of hydrogen-bond acceptors (Lipinski definition) is 4. The first-order chi connectivity index (χ1) is 12.8. The standard InChI is InChI=1S/C21H34N4O2/c1-17-7-6-8-20(18(17)2)24-13-15-25(16-14-24)21(27)9-10-23(19(3)26)12-11-22(4)5/h6-8H,9-16H2,1-5H3. The molecule has 2 amide bonds. The van der Waals surface area contributed by atoms with Gasteiger partial charge < -0.3 is 19.6 Å². The summed E-state index contributed by atoms with van der Waals surface area (Å²) in [5.41, 5.74) is 3.89. The SMILES string of the molecule is CC(=O)N(CCC(=O)N1CCN(c2cccc(C)c2C)CC1)CCN(C)C. The zero-order chi connectivity index (χ0) is 20.0. The van der Waals surface area contributed by atoms with Crippen LogP contribution in [0.15, 0.2) is 18.2 Å². The van der Waals surface area contributed by atoms with E-state index in [0.717, 1.165) is 32.7 Å². The van der Waals surface area contributed by atoms with Crippen LogP contribution in [0.1, 0.15) is 24.5 Å². The Kier molecular flexibility index (Phi) is 7.66. The predicted octanol–water partition coefficient (Wildman–Crippen LogP) is 1.75. The Morgan fingerprint density at radius 3 is 2.26 bits per heavy atom. The molecule has 27 heavy (non-hydrogen) atoms. The summed E-state index contributed by atoms with van der Waals surface area (Å²) in [6.45, 7) is 11.0. The Balaban J connectivity index is 1.83. The highest BCUT2D eigenvalue weighted by atomic mass is 16.2. The van der Waals surface area contributed by atoms with Crippen LogP contribution < -0.4 is 4.90 Å². The van der Waals surface area contributed by atoms with E-state index in [2.05, 4.69) is 36.9 Å². The molecule has 0 saturated carbocycles. The summed E-state index contributed by atoms with van der Waals surface area (Å²) >= 11 is 0. The van der Waals surface area contributed by atoms with Gasteiger partial charge in [-0.15, -0.1) is 0 Å². The molecule has 0 aliphatic carbocycles. The maximum Gasteiger partial charge on any atom is 0.224 e. The minimum absolute atomic E-state index is 0.0318. The van der Waals surface area contributed by atoms with Gasteiger partial charge in [0.1, 0.15) is 0 Å². The second-order valence-corrected chi connectivity index (χ2v) is 7.65. The van der Waals surface area contributed by atoms with Crippen LogP contribution in [0, 0.1) is 13.8 Å². The monoisotopic (exact) mass is 374 g/mol. The molecule has 2 rings (SSSR count). The fourth-order valence-corrected chi connectivity index (χ4v) is 3.41. The molecular weight excluding hydrogens is 340 g/mol. The van der Waals surface area contributed by atoms with E-state index >= 15 is 0 Å². The molecule has 1 saturated heterocycles. The third kappa shape index (κ3) is 5.96. The van der Waals surface area contributed by atoms with Crippen LogP contribution in [-0.2, 0) is 9.59 Å². The number of likely N-dealkylation sites (N-methyl/N-ethyl adjacent to an activating group) is 1. The molecule has 150 valence electrons. The van der Waals surface area contributed by atoms with Gasteiger partial charge in [0.05, 0.1) is 0 Å². The summed E-state index contributed by atoms with van der Waals surface area (Å²) in [4.78, 5) is 32.5. The van der Waals surface area contributed by atoms with Gasteiger partial charge in [-0.05, 0) is 45.1 Å². The predicted molar refractivity (Wildman–Crippen MR) is 110 cm³/mol. The number of anilines is 1. The van der Waals surface area contributed by atoms with Gasteiger partial charge in [-0.2, -0.15) is 0 Å². The smallest absolute Gasteiger partial charge is 0.224 e. The van der Waals surface area contributed by atoms with E-state index < -0.39 is 0 Å². The largest absolute Gasteiger partial charge is 0.368 e. The number of amides is 2.